The fourth-order valence-corrected chi connectivity index (χ4v) is 12.4. The zero-order valence-corrected chi connectivity index (χ0v) is 36.3. The smallest absolute Gasteiger partial charge is 0.134 e. The van der Waals surface area contributed by atoms with Crippen molar-refractivity contribution in [2.24, 2.45) is 0 Å². The first-order valence-corrected chi connectivity index (χ1v) is 22.1. The SMILES string of the molecule is CC1(C)c2cc(-c3ccc(-c4ccc5c(c4)C(C)(C)c4cc6c(cc4-5)-c4c(ccc5ccccc45)C6(C)C)o3)ccc2-c2cc3c(cc21)C(C)(C)c1ccc2ccccc2c1-3. The Morgan fingerprint density at radius 3 is 1.11 bits per heavy atom. The predicted octanol–water partition coefficient (Wildman–Crippen LogP) is 16.1. The molecule has 1 heteroatoms. The van der Waals surface area contributed by atoms with E-state index in [-0.39, 0.29) is 21.7 Å². The lowest BCUT2D eigenvalue weighted by Crippen LogP contribution is -2.18. The van der Waals surface area contributed by atoms with Crippen LogP contribution in [0.5, 0.6) is 0 Å². The van der Waals surface area contributed by atoms with Crippen molar-refractivity contribution in [3.63, 3.8) is 0 Å². The van der Waals surface area contributed by atoms with E-state index >= 15 is 0 Å². The Labute approximate surface area is 358 Å². The van der Waals surface area contributed by atoms with Gasteiger partial charge in [0.25, 0.3) is 0 Å². The fraction of sp³-hybridized carbons (Fsp3) is 0.200. The van der Waals surface area contributed by atoms with Crippen molar-refractivity contribution in [1.29, 1.82) is 0 Å². The Bertz CT molecular complexity index is 3240. The van der Waals surface area contributed by atoms with Gasteiger partial charge in [-0.05, 0) is 147 Å². The molecule has 1 heterocycles. The molecule has 4 aliphatic carbocycles. The summed E-state index contributed by atoms with van der Waals surface area (Å²) in [7, 11) is 0. The first kappa shape index (κ1) is 35.3. The minimum absolute atomic E-state index is 0.0710. The summed E-state index contributed by atoms with van der Waals surface area (Å²) in [5.74, 6) is 1.81. The second-order valence-corrected chi connectivity index (χ2v) is 20.5. The topological polar surface area (TPSA) is 13.1 Å². The zero-order valence-electron chi connectivity index (χ0n) is 36.3. The first-order chi connectivity index (χ1) is 29.2. The lowest BCUT2D eigenvalue weighted by molar-refractivity contribution is 0.596. The van der Waals surface area contributed by atoms with Crippen molar-refractivity contribution in [3.8, 4) is 67.2 Å². The Morgan fingerprint density at radius 2 is 0.672 bits per heavy atom. The van der Waals surface area contributed by atoms with Gasteiger partial charge >= 0.3 is 0 Å². The normalized spacial score (nSPS) is 17.0. The van der Waals surface area contributed by atoms with Gasteiger partial charge < -0.3 is 4.42 Å². The third-order valence-electron chi connectivity index (χ3n) is 15.9. The molecule has 0 atom stereocenters. The highest BCUT2D eigenvalue weighted by Gasteiger charge is 2.44. The molecule has 0 unspecified atom stereocenters. The van der Waals surface area contributed by atoms with Crippen LogP contribution in [0.2, 0.25) is 0 Å². The monoisotopic (exact) mass is 784 g/mol. The minimum atomic E-state index is -0.150. The van der Waals surface area contributed by atoms with Crippen LogP contribution >= 0.6 is 0 Å². The highest BCUT2D eigenvalue weighted by molar-refractivity contribution is 6.05. The summed E-state index contributed by atoms with van der Waals surface area (Å²) in [6, 6.07) is 55.4. The maximum absolute atomic E-state index is 6.81. The van der Waals surface area contributed by atoms with E-state index in [4.69, 9.17) is 4.42 Å². The van der Waals surface area contributed by atoms with Gasteiger partial charge in [-0.2, -0.15) is 0 Å². The number of furan rings is 1. The van der Waals surface area contributed by atoms with E-state index in [1.807, 2.05) is 0 Å². The van der Waals surface area contributed by atoms with Crippen LogP contribution in [0.3, 0.4) is 0 Å². The molecule has 0 radical (unpaired) electrons. The molecule has 0 amide bonds. The molecule has 9 aromatic rings. The van der Waals surface area contributed by atoms with Crippen LogP contribution in [0.4, 0.5) is 0 Å². The number of hydrogen-bond donors (Lipinski definition) is 0. The quantitative estimate of drug-likeness (QED) is 0.170. The molecule has 1 aromatic heterocycles. The van der Waals surface area contributed by atoms with Crippen molar-refractivity contribution < 1.29 is 4.42 Å². The Kier molecular flexibility index (Phi) is 6.53. The molecule has 0 spiro atoms. The molecule has 294 valence electrons. The van der Waals surface area contributed by atoms with Gasteiger partial charge in [0.2, 0.25) is 0 Å². The second-order valence-electron chi connectivity index (χ2n) is 20.5. The Morgan fingerprint density at radius 1 is 0.295 bits per heavy atom. The predicted molar refractivity (Wildman–Crippen MR) is 255 cm³/mol. The highest BCUT2D eigenvalue weighted by Crippen LogP contribution is 2.59. The van der Waals surface area contributed by atoms with E-state index in [1.165, 1.54) is 111 Å². The molecular formula is C60H48O. The standard InChI is InChI=1S/C60H48O/c1-57(2)45-23-19-33-13-9-11-15-37(33)55(45)43-29-41-39-21-17-35(27-47(39)59(5,6)49(41)31-51(43)57)53-25-26-54(61-53)36-18-22-40-42-30-44-52(32-50(42)60(7,8)48(40)28-36)58(3,4)46-24-20-34-14-10-12-16-38(34)56(44)46/h9-32H,1-8H3. The molecular weight excluding hydrogens is 737 g/mol. The van der Waals surface area contributed by atoms with Crippen molar-refractivity contribution >= 4 is 21.5 Å². The maximum atomic E-state index is 6.81. The lowest BCUT2D eigenvalue weighted by atomic mass is 9.77. The van der Waals surface area contributed by atoms with Gasteiger partial charge in [0.15, 0.2) is 0 Å². The molecule has 8 aromatic carbocycles. The van der Waals surface area contributed by atoms with Gasteiger partial charge in [-0.15, -0.1) is 0 Å². The largest absolute Gasteiger partial charge is 0.456 e. The van der Waals surface area contributed by atoms with Crippen LogP contribution in [0.1, 0.15) is 99.9 Å². The van der Waals surface area contributed by atoms with Gasteiger partial charge in [0.1, 0.15) is 11.5 Å². The number of rotatable bonds is 2. The van der Waals surface area contributed by atoms with E-state index in [2.05, 4.69) is 201 Å². The molecule has 0 fully saturated rings. The van der Waals surface area contributed by atoms with Crippen molar-refractivity contribution in [2.45, 2.75) is 77.0 Å². The summed E-state index contributed by atoms with van der Waals surface area (Å²) >= 11 is 0. The maximum Gasteiger partial charge on any atom is 0.134 e. The Hall–Kier alpha value is -6.44. The van der Waals surface area contributed by atoms with E-state index in [0.29, 0.717) is 0 Å². The van der Waals surface area contributed by atoms with Gasteiger partial charge in [0, 0.05) is 32.8 Å². The third-order valence-corrected chi connectivity index (χ3v) is 15.9. The van der Waals surface area contributed by atoms with Crippen LogP contribution in [0.25, 0.3) is 88.7 Å². The number of benzene rings is 8. The average Bonchev–Trinajstić information content (AvgIpc) is 4.01. The fourth-order valence-electron chi connectivity index (χ4n) is 12.4. The molecule has 1 nitrogen and oxygen atoms in total. The summed E-state index contributed by atoms with van der Waals surface area (Å²) in [4.78, 5) is 0. The van der Waals surface area contributed by atoms with Gasteiger partial charge in [-0.1, -0.05) is 165 Å². The van der Waals surface area contributed by atoms with Gasteiger partial charge in [0.05, 0.1) is 0 Å². The lowest BCUT2D eigenvalue weighted by Gasteiger charge is -2.26. The molecule has 0 bridgehead atoms. The van der Waals surface area contributed by atoms with E-state index < -0.39 is 0 Å². The molecule has 0 N–H and O–H groups in total. The van der Waals surface area contributed by atoms with Gasteiger partial charge in [-0.3, -0.25) is 0 Å². The number of fused-ring (bicyclic) bond motifs is 16. The second kappa shape index (κ2) is 11.3. The highest BCUT2D eigenvalue weighted by atomic mass is 16.3. The third kappa shape index (κ3) is 4.37. The van der Waals surface area contributed by atoms with Crippen molar-refractivity contribution in [2.75, 3.05) is 0 Å². The zero-order chi connectivity index (χ0) is 41.5. The molecule has 4 aliphatic rings. The molecule has 0 saturated heterocycles. The molecule has 0 saturated carbocycles. The minimum Gasteiger partial charge on any atom is -0.456 e. The average molecular weight is 785 g/mol. The van der Waals surface area contributed by atoms with Gasteiger partial charge in [-0.25, -0.2) is 0 Å². The van der Waals surface area contributed by atoms with Crippen LogP contribution in [0, 0.1) is 0 Å². The van der Waals surface area contributed by atoms with E-state index in [0.717, 1.165) is 22.6 Å². The van der Waals surface area contributed by atoms with Crippen molar-refractivity contribution in [1.82, 2.24) is 0 Å². The van der Waals surface area contributed by atoms with Crippen LogP contribution in [-0.2, 0) is 21.7 Å². The van der Waals surface area contributed by atoms with Crippen LogP contribution < -0.4 is 0 Å². The van der Waals surface area contributed by atoms with Crippen LogP contribution in [0.15, 0.2) is 150 Å². The molecule has 0 aliphatic heterocycles. The first-order valence-electron chi connectivity index (χ1n) is 22.1. The summed E-state index contributed by atoms with van der Waals surface area (Å²) in [6.45, 7) is 19.2. The summed E-state index contributed by atoms with van der Waals surface area (Å²) < 4.78 is 6.81. The molecule has 13 rings (SSSR count). The van der Waals surface area contributed by atoms with E-state index in [1.54, 1.807) is 0 Å². The summed E-state index contributed by atoms with van der Waals surface area (Å²) in [6.07, 6.45) is 0. The van der Waals surface area contributed by atoms with Crippen molar-refractivity contribution in [3.05, 3.63) is 190 Å². The summed E-state index contributed by atoms with van der Waals surface area (Å²) in [5.41, 5.74) is 24.0. The Balaban J connectivity index is 0.869. The summed E-state index contributed by atoms with van der Waals surface area (Å²) in [5, 5.41) is 5.29. The number of hydrogen-bond acceptors (Lipinski definition) is 1. The van der Waals surface area contributed by atoms with Crippen LogP contribution in [-0.4, -0.2) is 0 Å². The van der Waals surface area contributed by atoms with E-state index in [9.17, 15) is 0 Å². The molecule has 61 heavy (non-hydrogen) atoms.